The van der Waals surface area contributed by atoms with E-state index in [1.165, 1.54) is 32.1 Å². The molecule has 2 nitrogen and oxygen atoms in total. The normalized spacial score (nSPS) is 19.9. The van der Waals surface area contributed by atoms with Crippen LogP contribution >= 0.6 is 15.9 Å². The summed E-state index contributed by atoms with van der Waals surface area (Å²) < 4.78 is 6.29. The van der Waals surface area contributed by atoms with E-state index in [2.05, 4.69) is 28.2 Å². The average molecular weight is 286 g/mol. The molecule has 1 heterocycles. The topological polar surface area (TPSA) is 25.2 Å². The van der Waals surface area contributed by atoms with Gasteiger partial charge in [0.2, 0.25) is 0 Å². The molecule has 1 aliphatic rings. The van der Waals surface area contributed by atoms with Crippen molar-refractivity contribution < 1.29 is 4.42 Å². The van der Waals surface area contributed by atoms with Gasteiger partial charge in [0.25, 0.3) is 0 Å². The van der Waals surface area contributed by atoms with Gasteiger partial charge in [-0.2, -0.15) is 0 Å². The molecule has 1 fully saturated rings. The Kier molecular flexibility index (Phi) is 4.47. The van der Waals surface area contributed by atoms with Crippen molar-refractivity contribution in [2.45, 2.75) is 51.6 Å². The third-order valence-corrected chi connectivity index (χ3v) is 4.01. The molecule has 1 saturated carbocycles. The summed E-state index contributed by atoms with van der Waals surface area (Å²) in [5, 5.41) is 3.57. The van der Waals surface area contributed by atoms with Crippen molar-refractivity contribution in [2.75, 3.05) is 0 Å². The molecule has 1 N–H and O–H groups in total. The Labute approximate surface area is 106 Å². The quantitative estimate of drug-likeness (QED) is 0.901. The van der Waals surface area contributed by atoms with Gasteiger partial charge in [-0.1, -0.05) is 19.3 Å². The molecule has 0 bridgehead atoms. The fourth-order valence-corrected chi connectivity index (χ4v) is 2.85. The fraction of sp³-hybridized carbons (Fsp3) is 0.692. The van der Waals surface area contributed by atoms with E-state index in [1.807, 2.05) is 12.1 Å². The van der Waals surface area contributed by atoms with Crippen molar-refractivity contribution in [2.24, 2.45) is 5.92 Å². The van der Waals surface area contributed by atoms with Crippen molar-refractivity contribution >= 4 is 15.9 Å². The molecule has 0 spiro atoms. The molecule has 1 aromatic heterocycles. The minimum absolute atomic E-state index is 0.601. The maximum Gasteiger partial charge on any atom is 0.169 e. The van der Waals surface area contributed by atoms with E-state index in [9.17, 15) is 0 Å². The lowest BCUT2D eigenvalue weighted by atomic mass is 9.84. The summed E-state index contributed by atoms with van der Waals surface area (Å²) in [5.74, 6) is 1.86. The lowest BCUT2D eigenvalue weighted by Crippen LogP contribution is -2.34. The Morgan fingerprint density at radius 1 is 1.38 bits per heavy atom. The highest BCUT2D eigenvalue weighted by Crippen LogP contribution is 2.26. The second kappa shape index (κ2) is 5.87. The van der Waals surface area contributed by atoms with Gasteiger partial charge in [0.15, 0.2) is 4.67 Å². The summed E-state index contributed by atoms with van der Waals surface area (Å²) in [5.41, 5.74) is 0. The summed E-state index contributed by atoms with van der Waals surface area (Å²) >= 11 is 3.32. The van der Waals surface area contributed by atoms with Gasteiger partial charge in [0, 0.05) is 6.04 Å². The van der Waals surface area contributed by atoms with Crippen LogP contribution in [0.4, 0.5) is 0 Å². The van der Waals surface area contributed by atoms with E-state index >= 15 is 0 Å². The second-order valence-electron chi connectivity index (χ2n) is 4.77. The Morgan fingerprint density at radius 2 is 2.12 bits per heavy atom. The lowest BCUT2D eigenvalue weighted by Gasteiger charge is -2.28. The first-order valence-electron chi connectivity index (χ1n) is 6.23. The SMILES string of the molecule is CC(NCc1ccc(Br)o1)C1CCCCC1. The zero-order valence-corrected chi connectivity index (χ0v) is 11.4. The van der Waals surface area contributed by atoms with Gasteiger partial charge in [-0.3, -0.25) is 0 Å². The van der Waals surface area contributed by atoms with Gasteiger partial charge in [0.1, 0.15) is 5.76 Å². The minimum Gasteiger partial charge on any atom is -0.453 e. The van der Waals surface area contributed by atoms with Gasteiger partial charge in [-0.25, -0.2) is 0 Å². The Bertz CT molecular complexity index is 317. The first-order chi connectivity index (χ1) is 7.75. The molecule has 90 valence electrons. The molecule has 0 aliphatic heterocycles. The summed E-state index contributed by atoms with van der Waals surface area (Å²) in [6.45, 7) is 3.14. The molecule has 2 rings (SSSR count). The summed E-state index contributed by atoms with van der Waals surface area (Å²) in [6, 6.07) is 4.57. The van der Waals surface area contributed by atoms with E-state index in [0.717, 1.165) is 22.9 Å². The standard InChI is InChI=1S/C13H20BrNO/c1-10(11-5-3-2-4-6-11)15-9-12-7-8-13(14)16-12/h7-8,10-11,15H,2-6,9H2,1H3. The molecular weight excluding hydrogens is 266 g/mol. The van der Waals surface area contributed by atoms with Crippen molar-refractivity contribution in [3.05, 3.63) is 22.6 Å². The van der Waals surface area contributed by atoms with Crippen LogP contribution in [-0.4, -0.2) is 6.04 Å². The molecule has 0 aromatic carbocycles. The molecule has 1 atom stereocenters. The molecule has 16 heavy (non-hydrogen) atoms. The van der Waals surface area contributed by atoms with Crippen molar-refractivity contribution in [3.8, 4) is 0 Å². The maximum absolute atomic E-state index is 5.48. The Hall–Kier alpha value is -0.280. The van der Waals surface area contributed by atoms with Crippen LogP contribution in [0.1, 0.15) is 44.8 Å². The molecule has 3 heteroatoms. The van der Waals surface area contributed by atoms with Crippen LogP contribution < -0.4 is 5.32 Å². The molecular formula is C13H20BrNO. The fourth-order valence-electron chi connectivity index (χ4n) is 2.51. The van der Waals surface area contributed by atoms with Crippen molar-refractivity contribution in [3.63, 3.8) is 0 Å². The lowest BCUT2D eigenvalue weighted by molar-refractivity contribution is 0.275. The first-order valence-corrected chi connectivity index (χ1v) is 7.02. The number of hydrogen-bond donors (Lipinski definition) is 1. The van der Waals surface area contributed by atoms with Crippen LogP contribution in [-0.2, 0) is 6.54 Å². The van der Waals surface area contributed by atoms with Crippen molar-refractivity contribution in [1.29, 1.82) is 0 Å². The van der Waals surface area contributed by atoms with E-state index < -0.39 is 0 Å². The van der Waals surface area contributed by atoms with Crippen LogP contribution in [0.25, 0.3) is 0 Å². The largest absolute Gasteiger partial charge is 0.453 e. The zero-order valence-electron chi connectivity index (χ0n) is 9.84. The van der Waals surface area contributed by atoms with Gasteiger partial charge in [-0.15, -0.1) is 0 Å². The predicted octanol–water partition coefficient (Wildman–Crippen LogP) is 4.10. The van der Waals surface area contributed by atoms with Crippen LogP contribution in [0.15, 0.2) is 21.2 Å². The molecule has 1 unspecified atom stereocenters. The van der Waals surface area contributed by atoms with E-state index in [4.69, 9.17) is 4.42 Å². The van der Waals surface area contributed by atoms with Crippen LogP contribution in [0.3, 0.4) is 0 Å². The monoisotopic (exact) mass is 285 g/mol. The summed E-state index contributed by atoms with van der Waals surface area (Å²) in [4.78, 5) is 0. The molecule has 0 radical (unpaired) electrons. The Morgan fingerprint density at radius 3 is 2.75 bits per heavy atom. The number of nitrogens with one attached hydrogen (secondary N) is 1. The number of hydrogen-bond acceptors (Lipinski definition) is 2. The molecule has 0 amide bonds. The smallest absolute Gasteiger partial charge is 0.169 e. The summed E-state index contributed by atoms with van der Waals surface area (Å²) in [6.07, 6.45) is 7.01. The summed E-state index contributed by atoms with van der Waals surface area (Å²) in [7, 11) is 0. The second-order valence-corrected chi connectivity index (χ2v) is 5.56. The Balaban J connectivity index is 1.76. The van der Waals surface area contributed by atoms with Gasteiger partial charge in [-0.05, 0) is 53.7 Å². The highest BCUT2D eigenvalue weighted by atomic mass is 79.9. The molecule has 0 saturated heterocycles. The highest BCUT2D eigenvalue weighted by Gasteiger charge is 2.19. The maximum atomic E-state index is 5.48. The number of furan rings is 1. The van der Waals surface area contributed by atoms with E-state index in [-0.39, 0.29) is 0 Å². The van der Waals surface area contributed by atoms with E-state index in [0.29, 0.717) is 6.04 Å². The van der Waals surface area contributed by atoms with Crippen LogP contribution in [0.5, 0.6) is 0 Å². The van der Waals surface area contributed by atoms with Crippen LogP contribution in [0.2, 0.25) is 0 Å². The molecule has 1 aromatic rings. The zero-order chi connectivity index (χ0) is 11.4. The van der Waals surface area contributed by atoms with Gasteiger partial charge < -0.3 is 9.73 Å². The first kappa shape index (κ1) is 12.2. The van der Waals surface area contributed by atoms with Crippen LogP contribution in [0, 0.1) is 5.92 Å². The van der Waals surface area contributed by atoms with Gasteiger partial charge in [0.05, 0.1) is 6.54 Å². The van der Waals surface area contributed by atoms with E-state index in [1.54, 1.807) is 0 Å². The third kappa shape index (κ3) is 3.36. The highest BCUT2D eigenvalue weighted by molar-refractivity contribution is 9.10. The molecule has 1 aliphatic carbocycles. The third-order valence-electron chi connectivity index (χ3n) is 3.58. The number of rotatable bonds is 4. The average Bonchev–Trinajstić information content (AvgIpc) is 2.73. The van der Waals surface area contributed by atoms with Crippen molar-refractivity contribution in [1.82, 2.24) is 5.32 Å². The minimum atomic E-state index is 0.601. The predicted molar refractivity (Wildman–Crippen MR) is 69.3 cm³/mol. The van der Waals surface area contributed by atoms with Gasteiger partial charge >= 0.3 is 0 Å². The number of halogens is 1.